The second-order valence-electron chi connectivity index (χ2n) is 4.26. The molecule has 0 bridgehead atoms. The minimum Gasteiger partial charge on any atom is -0.493 e. The van der Waals surface area contributed by atoms with Crippen molar-refractivity contribution in [3.05, 3.63) is 23.0 Å². The van der Waals surface area contributed by atoms with Gasteiger partial charge in [0.1, 0.15) is 18.5 Å². The van der Waals surface area contributed by atoms with Crippen LogP contribution >= 0.6 is 0 Å². The third-order valence-electron chi connectivity index (χ3n) is 3.18. The molecular weight excluding hydrogens is 178 g/mol. The first-order chi connectivity index (χ1) is 6.83. The van der Waals surface area contributed by atoms with Crippen LogP contribution in [0.1, 0.15) is 19.3 Å². The Labute approximate surface area is 83.6 Å². The lowest BCUT2D eigenvalue weighted by Gasteiger charge is -2.30. The van der Waals surface area contributed by atoms with E-state index in [9.17, 15) is 0 Å². The van der Waals surface area contributed by atoms with Gasteiger partial charge in [0, 0.05) is 12.5 Å². The monoisotopic (exact) mass is 193 g/mol. The lowest BCUT2D eigenvalue weighted by Crippen LogP contribution is -2.29. The molecule has 3 nitrogen and oxygen atoms in total. The second-order valence-corrected chi connectivity index (χ2v) is 4.26. The highest BCUT2D eigenvalue weighted by Gasteiger charge is 2.31. The van der Waals surface area contributed by atoms with Gasteiger partial charge in [-0.05, 0) is 24.5 Å². The van der Waals surface area contributed by atoms with Crippen LogP contribution in [0.3, 0.4) is 0 Å². The number of hydrogen-bond acceptors (Lipinski definition) is 3. The van der Waals surface area contributed by atoms with Crippen LogP contribution < -0.4 is 5.73 Å². The van der Waals surface area contributed by atoms with E-state index in [4.69, 9.17) is 15.2 Å². The molecule has 1 saturated heterocycles. The summed E-state index contributed by atoms with van der Waals surface area (Å²) >= 11 is 0. The van der Waals surface area contributed by atoms with Gasteiger partial charge in [0.05, 0.1) is 6.61 Å². The van der Waals surface area contributed by atoms with Crippen molar-refractivity contribution < 1.29 is 9.47 Å². The van der Waals surface area contributed by atoms with Crippen LogP contribution in [0.5, 0.6) is 0 Å². The van der Waals surface area contributed by atoms with E-state index in [1.807, 2.05) is 0 Å². The zero-order chi connectivity index (χ0) is 9.54. The normalized spacial score (nSPS) is 35.9. The van der Waals surface area contributed by atoms with Crippen LogP contribution in [0, 0.1) is 0 Å². The first-order valence-corrected chi connectivity index (χ1v) is 5.25. The highest BCUT2D eigenvalue weighted by atomic mass is 16.6. The maximum absolute atomic E-state index is 5.93. The molecule has 0 saturated carbocycles. The van der Waals surface area contributed by atoms with Crippen molar-refractivity contribution >= 4 is 0 Å². The Morgan fingerprint density at radius 1 is 1.21 bits per heavy atom. The quantitative estimate of drug-likeness (QED) is 0.626. The molecule has 0 aromatic rings. The topological polar surface area (TPSA) is 44.5 Å². The van der Waals surface area contributed by atoms with Crippen LogP contribution in [0.2, 0.25) is 0 Å². The zero-order valence-corrected chi connectivity index (χ0v) is 8.16. The Hall–Kier alpha value is -0.800. The van der Waals surface area contributed by atoms with E-state index in [0.29, 0.717) is 12.6 Å². The molecule has 3 rings (SSSR count). The third kappa shape index (κ3) is 1.28. The highest BCUT2D eigenvalue weighted by Crippen LogP contribution is 2.37. The third-order valence-corrected chi connectivity index (χ3v) is 3.18. The van der Waals surface area contributed by atoms with Crippen molar-refractivity contribution in [3.8, 4) is 0 Å². The molecule has 76 valence electrons. The van der Waals surface area contributed by atoms with Crippen LogP contribution in [0.15, 0.2) is 23.0 Å². The predicted octanol–water partition coefficient (Wildman–Crippen LogP) is 1.11. The fourth-order valence-corrected chi connectivity index (χ4v) is 2.54. The molecule has 0 spiro atoms. The number of nitrogens with two attached hydrogens (primary N) is 1. The van der Waals surface area contributed by atoms with Crippen LogP contribution in [0.25, 0.3) is 0 Å². The summed E-state index contributed by atoms with van der Waals surface area (Å²) in [5, 5.41) is 0. The standard InChI is InChI=1S/C11H15NO2/c12-9-3-7-5-10-11(6-8(7)4-9)14-2-1-13-10/h5,9,11H,1-4,6,12H2/t9-,11-/m0/s1. The van der Waals surface area contributed by atoms with Gasteiger partial charge in [-0.2, -0.15) is 0 Å². The smallest absolute Gasteiger partial charge is 0.125 e. The Balaban J connectivity index is 1.87. The summed E-state index contributed by atoms with van der Waals surface area (Å²) in [6, 6.07) is 0.317. The van der Waals surface area contributed by atoms with Gasteiger partial charge in [0.25, 0.3) is 0 Å². The first kappa shape index (κ1) is 8.50. The number of ether oxygens (including phenoxy) is 2. The molecule has 14 heavy (non-hydrogen) atoms. The molecule has 2 N–H and O–H groups in total. The van der Waals surface area contributed by atoms with E-state index in [1.165, 1.54) is 11.1 Å². The summed E-state index contributed by atoms with van der Waals surface area (Å²) in [7, 11) is 0. The summed E-state index contributed by atoms with van der Waals surface area (Å²) in [4.78, 5) is 0. The molecule has 1 heterocycles. The lowest BCUT2D eigenvalue weighted by molar-refractivity contribution is -0.0430. The maximum Gasteiger partial charge on any atom is 0.125 e. The average Bonchev–Trinajstić information content (AvgIpc) is 2.53. The Kier molecular flexibility index (Phi) is 1.89. The van der Waals surface area contributed by atoms with Gasteiger partial charge < -0.3 is 15.2 Å². The van der Waals surface area contributed by atoms with E-state index in [1.54, 1.807) is 0 Å². The number of rotatable bonds is 0. The second kappa shape index (κ2) is 3.11. The van der Waals surface area contributed by atoms with E-state index in [0.717, 1.165) is 31.6 Å². The van der Waals surface area contributed by atoms with Gasteiger partial charge in [-0.25, -0.2) is 0 Å². The van der Waals surface area contributed by atoms with E-state index in [2.05, 4.69) is 6.08 Å². The molecule has 0 radical (unpaired) electrons. The summed E-state index contributed by atoms with van der Waals surface area (Å²) in [6.45, 7) is 1.41. The summed E-state index contributed by atoms with van der Waals surface area (Å²) in [5.41, 5.74) is 8.81. The van der Waals surface area contributed by atoms with E-state index in [-0.39, 0.29) is 6.10 Å². The number of hydrogen-bond donors (Lipinski definition) is 1. The summed E-state index contributed by atoms with van der Waals surface area (Å²) in [5.74, 6) is 1.02. The molecule has 0 aromatic carbocycles. The van der Waals surface area contributed by atoms with Crippen LogP contribution in [-0.2, 0) is 9.47 Å². The van der Waals surface area contributed by atoms with Crippen molar-refractivity contribution in [1.29, 1.82) is 0 Å². The molecule has 0 unspecified atom stereocenters. The highest BCUT2D eigenvalue weighted by molar-refractivity contribution is 5.39. The van der Waals surface area contributed by atoms with Gasteiger partial charge >= 0.3 is 0 Å². The Morgan fingerprint density at radius 2 is 2.14 bits per heavy atom. The van der Waals surface area contributed by atoms with Gasteiger partial charge in [-0.15, -0.1) is 0 Å². The van der Waals surface area contributed by atoms with Crippen molar-refractivity contribution in [3.63, 3.8) is 0 Å². The maximum atomic E-state index is 5.93. The van der Waals surface area contributed by atoms with Crippen LogP contribution in [0.4, 0.5) is 0 Å². The van der Waals surface area contributed by atoms with Crippen LogP contribution in [-0.4, -0.2) is 25.4 Å². The van der Waals surface area contributed by atoms with Gasteiger partial charge in [-0.1, -0.05) is 5.57 Å². The van der Waals surface area contributed by atoms with E-state index >= 15 is 0 Å². The largest absolute Gasteiger partial charge is 0.493 e. The molecule has 1 fully saturated rings. The Bertz CT molecular complexity index is 319. The fraction of sp³-hybridized carbons (Fsp3) is 0.636. The van der Waals surface area contributed by atoms with Crippen molar-refractivity contribution in [2.24, 2.45) is 5.73 Å². The number of fused-ring (bicyclic) bond motifs is 1. The van der Waals surface area contributed by atoms with Crippen molar-refractivity contribution in [2.45, 2.75) is 31.4 Å². The average molecular weight is 193 g/mol. The molecule has 2 aliphatic carbocycles. The van der Waals surface area contributed by atoms with Crippen molar-refractivity contribution in [1.82, 2.24) is 0 Å². The minimum absolute atomic E-state index is 0.174. The van der Waals surface area contributed by atoms with Gasteiger partial charge in [-0.3, -0.25) is 0 Å². The molecule has 0 aromatic heterocycles. The molecule has 3 heteroatoms. The number of allylic oxidation sites excluding steroid dienone is 1. The summed E-state index contributed by atoms with van der Waals surface area (Å²) in [6.07, 6.45) is 5.37. The fourth-order valence-electron chi connectivity index (χ4n) is 2.54. The van der Waals surface area contributed by atoms with E-state index < -0.39 is 0 Å². The van der Waals surface area contributed by atoms with Gasteiger partial charge in [0.2, 0.25) is 0 Å². The van der Waals surface area contributed by atoms with Gasteiger partial charge in [0.15, 0.2) is 0 Å². The molecule has 0 amide bonds. The Morgan fingerprint density at radius 3 is 3.07 bits per heavy atom. The molecule has 1 aliphatic heterocycles. The van der Waals surface area contributed by atoms with Crippen molar-refractivity contribution in [2.75, 3.05) is 13.2 Å². The summed E-state index contributed by atoms with van der Waals surface area (Å²) < 4.78 is 11.2. The SMILES string of the molecule is N[C@H]1CC2=C(C1)C[C@@H]1OCCOC1=C2. The lowest BCUT2D eigenvalue weighted by atomic mass is 9.96. The zero-order valence-electron chi connectivity index (χ0n) is 8.16. The molecule has 2 atom stereocenters. The molecular formula is C11H15NO2. The minimum atomic E-state index is 0.174. The predicted molar refractivity (Wildman–Crippen MR) is 52.6 cm³/mol. The molecule has 3 aliphatic rings. The first-order valence-electron chi connectivity index (χ1n) is 5.25.